The number of piperidine rings is 1. The van der Waals surface area contributed by atoms with Crippen LogP contribution in [0.5, 0.6) is 5.75 Å². The minimum atomic E-state index is -0.377. The van der Waals surface area contributed by atoms with Crippen LogP contribution in [0, 0.1) is 5.92 Å². The molecule has 160 valence electrons. The minimum absolute atomic E-state index is 0.0273. The summed E-state index contributed by atoms with van der Waals surface area (Å²) < 4.78 is 5.51. The molecule has 0 aliphatic carbocycles. The predicted octanol–water partition coefficient (Wildman–Crippen LogP) is 2.78. The van der Waals surface area contributed by atoms with Crippen LogP contribution in [0.25, 0.3) is 0 Å². The van der Waals surface area contributed by atoms with E-state index in [2.05, 4.69) is 16.3 Å². The highest BCUT2D eigenvalue weighted by atomic mass is 35.5. The molecule has 2 aromatic rings. The number of hydrogen-bond donors (Lipinski definition) is 2. The van der Waals surface area contributed by atoms with Crippen molar-refractivity contribution in [1.82, 2.24) is 10.2 Å². The van der Waals surface area contributed by atoms with Crippen LogP contribution in [0.15, 0.2) is 48.5 Å². The van der Waals surface area contributed by atoms with Crippen LogP contribution in [-0.4, -0.2) is 43.0 Å². The molecule has 0 aromatic heterocycles. The normalized spacial score (nSPS) is 15.0. The van der Waals surface area contributed by atoms with E-state index >= 15 is 0 Å². The second-order valence-corrected chi connectivity index (χ2v) is 8.10. The maximum Gasteiger partial charge on any atom is 0.257 e. The fourth-order valence-electron chi connectivity index (χ4n) is 3.58. The van der Waals surface area contributed by atoms with E-state index in [9.17, 15) is 9.59 Å². The molecular formula is C23H28ClN3O3. The Balaban J connectivity index is 1.33. The van der Waals surface area contributed by atoms with Gasteiger partial charge in [-0.1, -0.05) is 41.9 Å². The summed E-state index contributed by atoms with van der Waals surface area (Å²) in [6, 6.07) is 15.0. The number of primary amides is 1. The third kappa shape index (κ3) is 7.04. The quantitative estimate of drug-likeness (QED) is 0.641. The third-order valence-corrected chi connectivity index (χ3v) is 5.69. The Kier molecular flexibility index (Phi) is 8.11. The average Bonchev–Trinajstić information content (AvgIpc) is 2.74. The van der Waals surface area contributed by atoms with E-state index in [0.717, 1.165) is 48.6 Å². The van der Waals surface area contributed by atoms with Crippen molar-refractivity contribution in [2.75, 3.05) is 26.2 Å². The van der Waals surface area contributed by atoms with Crippen LogP contribution in [0.4, 0.5) is 0 Å². The summed E-state index contributed by atoms with van der Waals surface area (Å²) in [7, 11) is 0. The second kappa shape index (κ2) is 11.0. The predicted molar refractivity (Wildman–Crippen MR) is 117 cm³/mol. The molecule has 1 fully saturated rings. The van der Waals surface area contributed by atoms with Gasteiger partial charge in [0.25, 0.3) is 5.91 Å². The molecule has 0 atom stereocenters. The number of nitrogens with two attached hydrogens (primary N) is 1. The number of carbonyl (C=O) groups is 2. The summed E-state index contributed by atoms with van der Waals surface area (Å²) in [4.78, 5) is 25.4. The minimum Gasteiger partial charge on any atom is -0.484 e. The summed E-state index contributed by atoms with van der Waals surface area (Å²) in [5.74, 6) is 0.559. The molecule has 3 N–H and O–H groups in total. The number of amides is 2. The number of ether oxygens (including phenoxy) is 1. The Morgan fingerprint density at radius 2 is 1.80 bits per heavy atom. The maximum atomic E-state index is 12.1. The first-order valence-electron chi connectivity index (χ1n) is 10.2. The molecule has 1 aliphatic heterocycles. The zero-order valence-electron chi connectivity index (χ0n) is 17.0. The second-order valence-electron chi connectivity index (χ2n) is 7.69. The van der Waals surface area contributed by atoms with E-state index in [4.69, 9.17) is 22.1 Å². The van der Waals surface area contributed by atoms with E-state index in [1.807, 2.05) is 18.2 Å². The molecule has 6 nitrogen and oxygen atoms in total. The van der Waals surface area contributed by atoms with Crippen molar-refractivity contribution in [2.45, 2.75) is 25.8 Å². The van der Waals surface area contributed by atoms with E-state index in [1.54, 1.807) is 24.3 Å². The van der Waals surface area contributed by atoms with E-state index in [-0.39, 0.29) is 24.8 Å². The standard InChI is InChI=1S/C23H28ClN3O3/c24-21-4-2-1-3-19(21)15-27-11-9-18(10-12-27)14-26-23(29)16-30-20-7-5-17(6-8-20)13-22(25)28/h1-8,18H,9-16H2,(H2,25,28)(H,26,29). The van der Waals surface area contributed by atoms with Crippen LogP contribution < -0.4 is 15.8 Å². The van der Waals surface area contributed by atoms with Crippen LogP contribution in [0.3, 0.4) is 0 Å². The Hall–Kier alpha value is -2.57. The van der Waals surface area contributed by atoms with Crippen LogP contribution in [0.1, 0.15) is 24.0 Å². The zero-order chi connectivity index (χ0) is 21.3. The van der Waals surface area contributed by atoms with Crippen molar-refractivity contribution >= 4 is 23.4 Å². The fraction of sp³-hybridized carbons (Fsp3) is 0.391. The summed E-state index contributed by atoms with van der Waals surface area (Å²) in [5.41, 5.74) is 7.15. The maximum absolute atomic E-state index is 12.1. The molecule has 0 unspecified atom stereocenters. The molecule has 2 aromatic carbocycles. The van der Waals surface area contributed by atoms with E-state index in [0.29, 0.717) is 18.2 Å². The van der Waals surface area contributed by atoms with Crippen LogP contribution in [0.2, 0.25) is 5.02 Å². The topological polar surface area (TPSA) is 84.7 Å². The lowest BCUT2D eigenvalue weighted by molar-refractivity contribution is -0.123. The van der Waals surface area contributed by atoms with Gasteiger partial charge >= 0.3 is 0 Å². The highest BCUT2D eigenvalue weighted by Gasteiger charge is 2.20. The molecule has 0 bridgehead atoms. The molecule has 0 spiro atoms. The number of rotatable bonds is 9. The number of carbonyl (C=O) groups excluding carboxylic acids is 2. The number of halogens is 1. The summed E-state index contributed by atoms with van der Waals surface area (Å²) >= 11 is 6.25. The monoisotopic (exact) mass is 429 g/mol. The van der Waals surface area contributed by atoms with Crippen molar-refractivity contribution in [3.8, 4) is 5.75 Å². The van der Waals surface area contributed by atoms with Gasteiger partial charge in [0.2, 0.25) is 5.91 Å². The zero-order valence-corrected chi connectivity index (χ0v) is 17.7. The van der Waals surface area contributed by atoms with Crippen molar-refractivity contribution in [3.63, 3.8) is 0 Å². The Labute approximate surface area is 182 Å². The third-order valence-electron chi connectivity index (χ3n) is 5.32. The first-order chi connectivity index (χ1) is 14.5. The molecule has 1 heterocycles. The Bertz CT molecular complexity index is 849. The molecular weight excluding hydrogens is 402 g/mol. The van der Waals surface area contributed by atoms with E-state index < -0.39 is 0 Å². The number of benzene rings is 2. The SMILES string of the molecule is NC(=O)Cc1ccc(OCC(=O)NCC2CCN(Cc3ccccc3Cl)CC2)cc1. The average molecular weight is 430 g/mol. The van der Waals surface area contributed by atoms with Gasteiger partial charge in [0.1, 0.15) is 5.75 Å². The van der Waals surface area contributed by atoms with Crippen LogP contribution >= 0.6 is 11.6 Å². The molecule has 0 radical (unpaired) electrons. The fourth-order valence-corrected chi connectivity index (χ4v) is 3.77. The lowest BCUT2D eigenvalue weighted by Crippen LogP contribution is -2.39. The highest BCUT2D eigenvalue weighted by Crippen LogP contribution is 2.22. The summed E-state index contributed by atoms with van der Waals surface area (Å²) in [5, 5.41) is 3.78. The van der Waals surface area contributed by atoms with Crippen LogP contribution in [-0.2, 0) is 22.6 Å². The number of nitrogens with zero attached hydrogens (tertiary/aromatic N) is 1. The first-order valence-corrected chi connectivity index (χ1v) is 10.6. The van der Waals surface area contributed by atoms with Gasteiger partial charge in [-0.2, -0.15) is 0 Å². The van der Waals surface area contributed by atoms with Crippen molar-refractivity contribution in [3.05, 3.63) is 64.7 Å². The Morgan fingerprint density at radius 3 is 2.47 bits per heavy atom. The lowest BCUT2D eigenvalue weighted by atomic mass is 9.96. The highest BCUT2D eigenvalue weighted by molar-refractivity contribution is 6.31. The van der Waals surface area contributed by atoms with Gasteiger partial charge in [-0.15, -0.1) is 0 Å². The number of likely N-dealkylation sites (tertiary alicyclic amines) is 1. The van der Waals surface area contributed by atoms with E-state index in [1.165, 1.54) is 0 Å². The molecule has 7 heteroatoms. The summed E-state index contributed by atoms with van der Waals surface area (Å²) in [6.45, 7) is 3.50. The van der Waals surface area contributed by atoms with Gasteiger partial charge in [0.15, 0.2) is 6.61 Å². The van der Waals surface area contributed by atoms with Crippen molar-refractivity contribution < 1.29 is 14.3 Å². The van der Waals surface area contributed by atoms with Gasteiger partial charge in [-0.25, -0.2) is 0 Å². The summed E-state index contributed by atoms with van der Waals surface area (Å²) in [6.07, 6.45) is 2.29. The largest absolute Gasteiger partial charge is 0.484 e. The van der Waals surface area contributed by atoms with Gasteiger partial charge in [0.05, 0.1) is 6.42 Å². The molecule has 30 heavy (non-hydrogen) atoms. The van der Waals surface area contributed by atoms with Gasteiger partial charge in [-0.05, 0) is 61.2 Å². The number of hydrogen-bond acceptors (Lipinski definition) is 4. The van der Waals surface area contributed by atoms with Gasteiger partial charge in [-0.3, -0.25) is 14.5 Å². The van der Waals surface area contributed by atoms with Crippen molar-refractivity contribution in [1.29, 1.82) is 0 Å². The van der Waals surface area contributed by atoms with Crippen molar-refractivity contribution in [2.24, 2.45) is 11.7 Å². The molecule has 1 aliphatic rings. The smallest absolute Gasteiger partial charge is 0.257 e. The van der Waals surface area contributed by atoms with Gasteiger partial charge in [0, 0.05) is 18.1 Å². The molecule has 3 rings (SSSR count). The Morgan fingerprint density at radius 1 is 1.10 bits per heavy atom. The molecule has 0 saturated carbocycles. The van der Waals surface area contributed by atoms with Gasteiger partial charge < -0.3 is 15.8 Å². The number of nitrogens with one attached hydrogen (secondary N) is 1. The lowest BCUT2D eigenvalue weighted by Gasteiger charge is -2.32. The molecule has 1 saturated heterocycles. The molecule has 2 amide bonds. The first kappa shape index (κ1) is 22.1.